The molecule has 3 rings (SSSR count). The van der Waals surface area contributed by atoms with Crippen molar-refractivity contribution in [3.8, 4) is 0 Å². The SMILES string of the molecule is CN(C)c1ccc(NC2CSc3ccccc32)cn1. The minimum Gasteiger partial charge on any atom is -0.376 e. The molecule has 1 N–H and O–H groups in total. The lowest BCUT2D eigenvalue weighted by Crippen LogP contribution is -2.12. The van der Waals surface area contributed by atoms with E-state index in [1.54, 1.807) is 0 Å². The average molecular weight is 271 g/mol. The van der Waals surface area contributed by atoms with Gasteiger partial charge >= 0.3 is 0 Å². The van der Waals surface area contributed by atoms with Gasteiger partial charge in [0.05, 0.1) is 17.9 Å². The number of thioether (sulfide) groups is 1. The molecule has 0 radical (unpaired) electrons. The molecule has 0 aliphatic carbocycles. The third-order valence-corrected chi connectivity index (χ3v) is 4.43. The fraction of sp³-hybridized carbons (Fsp3) is 0.267. The highest BCUT2D eigenvalue weighted by Crippen LogP contribution is 2.39. The Kier molecular flexibility index (Phi) is 3.34. The Bertz CT molecular complexity index is 566. The van der Waals surface area contributed by atoms with Gasteiger partial charge in [0.2, 0.25) is 0 Å². The van der Waals surface area contributed by atoms with E-state index in [2.05, 4.69) is 40.6 Å². The van der Waals surface area contributed by atoms with Gasteiger partial charge in [-0.25, -0.2) is 4.98 Å². The van der Waals surface area contributed by atoms with Crippen LogP contribution in [0.3, 0.4) is 0 Å². The molecule has 1 aromatic carbocycles. The van der Waals surface area contributed by atoms with Crippen molar-refractivity contribution in [1.82, 2.24) is 4.98 Å². The summed E-state index contributed by atoms with van der Waals surface area (Å²) in [6.45, 7) is 0. The highest BCUT2D eigenvalue weighted by atomic mass is 32.2. The molecule has 98 valence electrons. The number of nitrogens with one attached hydrogen (secondary N) is 1. The third kappa shape index (κ3) is 2.54. The van der Waals surface area contributed by atoms with Crippen LogP contribution in [0.2, 0.25) is 0 Å². The molecule has 1 aromatic heterocycles. The maximum atomic E-state index is 4.43. The summed E-state index contributed by atoms with van der Waals surface area (Å²) in [4.78, 5) is 7.82. The maximum absolute atomic E-state index is 4.43. The first-order valence-corrected chi connectivity index (χ1v) is 7.34. The first kappa shape index (κ1) is 12.4. The molecular weight excluding hydrogens is 254 g/mol. The summed E-state index contributed by atoms with van der Waals surface area (Å²) in [5.41, 5.74) is 2.47. The van der Waals surface area contributed by atoms with Gasteiger partial charge in [0.15, 0.2) is 0 Å². The number of aromatic nitrogens is 1. The molecule has 2 aromatic rings. The van der Waals surface area contributed by atoms with Crippen LogP contribution in [0.5, 0.6) is 0 Å². The fourth-order valence-corrected chi connectivity index (χ4v) is 3.38. The predicted octanol–water partition coefficient (Wildman–Crippen LogP) is 3.41. The van der Waals surface area contributed by atoms with Crippen molar-refractivity contribution < 1.29 is 0 Å². The lowest BCUT2D eigenvalue weighted by atomic mass is 10.1. The average Bonchev–Trinajstić information content (AvgIpc) is 2.83. The Balaban J connectivity index is 1.76. The van der Waals surface area contributed by atoms with E-state index < -0.39 is 0 Å². The number of nitrogens with zero attached hydrogens (tertiary/aromatic N) is 2. The second kappa shape index (κ2) is 5.13. The lowest BCUT2D eigenvalue weighted by molar-refractivity contribution is 0.897. The largest absolute Gasteiger partial charge is 0.376 e. The Morgan fingerprint density at radius 2 is 2.05 bits per heavy atom. The zero-order chi connectivity index (χ0) is 13.2. The van der Waals surface area contributed by atoms with Gasteiger partial charge in [-0.15, -0.1) is 11.8 Å². The van der Waals surface area contributed by atoms with Crippen LogP contribution in [0.25, 0.3) is 0 Å². The first-order valence-electron chi connectivity index (χ1n) is 6.35. The maximum Gasteiger partial charge on any atom is 0.128 e. The summed E-state index contributed by atoms with van der Waals surface area (Å²) in [6.07, 6.45) is 1.90. The molecular formula is C15H17N3S. The highest BCUT2D eigenvalue weighted by molar-refractivity contribution is 7.99. The molecule has 1 aliphatic rings. The minimum atomic E-state index is 0.383. The van der Waals surface area contributed by atoms with Crippen LogP contribution in [0.15, 0.2) is 47.5 Å². The second-order valence-electron chi connectivity index (χ2n) is 4.85. The zero-order valence-corrected chi connectivity index (χ0v) is 11.9. The third-order valence-electron chi connectivity index (χ3n) is 3.25. The normalized spacial score (nSPS) is 17.1. The summed E-state index contributed by atoms with van der Waals surface area (Å²) in [7, 11) is 4.00. The number of hydrogen-bond donors (Lipinski definition) is 1. The van der Waals surface area contributed by atoms with Gasteiger partial charge < -0.3 is 10.2 Å². The molecule has 1 atom stereocenters. The molecule has 3 nitrogen and oxygen atoms in total. The van der Waals surface area contributed by atoms with Gasteiger partial charge in [-0.3, -0.25) is 0 Å². The summed E-state index contributed by atoms with van der Waals surface area (Å²) >= 11 is 1.91. The number of benzene rings is 1. The van der Waals surface area contributed by atoms with E-state index in [9.17, 15) is 0 Å². The molecule has 0 fully saturated rings. The van der Waals surface area contributed by atoms with Crippen molar-refractivity contribution in [2.45, 2.75) is 10.9 Å². The van der Waals surface area contributed by atoms with Crippen LogP contribution in [-0.4, -0.2) is 24.8 Å². The van der Waals surface area contributed by atoms with Crippen LogP contribution in [-0.2, 0) is 0 Å². The number of rotatable bonds is 3. The number of pyridine rings is 1. The van der Waals surface area contributed by atoms with Crippen LogP contribution in [0, 0.1) is 0 Å². The summed E-state index contributed by atoms with van der Waals surface area (Å²) in [5, 5.41) is 3.56. The van der Waals surface area contributed by atoms with Crippen LogP contribution in [0.4, 0.5) is 11.5 Å². The summed E-state index contributed by atoms with van der Waals surface area (Å²) < 4.78 is 0. The Morgan fingerprint density at radius 3 is 2.79 bits per heavy atom. The standard InChI is InChI=1S/C15H17N3S/c1-18(2)15-8-7-11(9-16-15)17-13-10-19-14-6-4-3-5-12(13)14/h3-9,13,17H,10H2,1-2H3. The van der Waals surface area contributed by atoms with Crippen molar-refractivity contribution in [1.29, 1.82) is 0 Å². The van der Waals surface area contributed by atoms with Gasteiger partial charge in [-0.05, 0) is 23.8 Å². The molecule has 0 spiro atoms. The molecule has 0 amide bonds. The highest BCUT2D eigenvalue weighted by Gasteiger charge is 2.22. The van der Waals surface area contributed by atoms with E-state index in [0.717, 1.165) is 17.3 Å². The van der Waals surface area contributed by atoms with Crippen molar-refractivity contribution in [2.75, 3.05) is 30.1 Å². The van der Waals surface area contributed by atoms with Crippen LogP contribution in [0.1, 0.15) is 11.6 Å². The molecule has 4 heteroatoms. The van der Waals surface area contributed by atoms with Crippen LogP contribution >= 0.6 is 11.8 Å². The smallest absolute Gasteiger partial charge is 0.128 e. The number of hydrogen-bond acceptors (Lipinski definition) is 4. The first-order chi connectivity index (χ1) is 9.24. The topological polar surface area (TPSA) is 28.2 Å². The molecule has 0 saturated heterocycles. The molecule has 2 heterocycles. The van der Waals surface area contributed by atoms with Gasteiger partial charge in [-0.1, -0.05) is 18.2 Å². The van der Waals surface area contributed by atoms with Gasteiger partial charge in [0.1, 0.15) is 5.82 Å². The molecule has 1 unspecified atom stereocenters. The summed E-state index contributed by atoms with van der Waals surface area (Å²) in [6, 6.07) is 13.1. The Hall–Kier alpha value is -1.68. The minimum absolute atomic E-state index is 0.383. The quantitative estimate of drug-likeness (QED) is 0.926. The van der Waals surface area contributed by atoms with E-state index in [4.69, 9.17) is 0 Å². The zero-order valence-electron chi connectivity index (χ0n) is 11.1. The van der Waals surface area contributed by atoms with E-state index in [1.807, 2.05) is 43.0 Å². The second-order valence-corrected chi connectivity index (χ2v) is 5.91. The van der Waals surface area contributed by atoms with E-state index in [0.29, 0.717) is 6.04 Å². The van der Waals surface area contributed by atoms with Gasteiger partial charge in [-0.2, -0.15) is 0 Å². The molecule has 0 bridgehead atoms. The van der Waals surface area contributed by atoms with Crippen molar-refractivity contribution >= 4 is 23.3 Å². The lowest BCUT2D eigenvalue weighted by Gasteiger charge is -2.16. The van der Waals surface area contributed by atoms with Gasteiger partial charge in [0, 0.05) is 24.7 Å². The van der Waals surface area contributed by atoms with E-state index in [-0.39, 0.29) is 0 Å². The fourth-order valence-electron chi connectivity index (χ4n) is 2.22. The molecule has 0 saturated carbocycles. The number of anilines is 2. The van der Waals surface area contributed by atoms with Crippen LogP contribution < -0.4 is 10.2 Å². The predicted molar refractivity (Wildman–Crippen MR) is 82.1 cm³/mol. The monoisotopic (exact) mass is 271 g/mol. The van der Waals surface area contributed by atoms with Crippen molar-refractivity contribution in [2.24, 2.45) is 0 Å². The molecule has 1 aliphatic heterocycles. The Morgan fingerprint density at radius 1 is 1.21 bits per heavy atom. The van der Waals surface area contributed by atoms with E-state index in [1.165, 1.54) is 10.5 Å². The van der Waals surface area contributed by atoms with Gasteiger partial charge in [0.25, 0.3) is 0 Å². The van der Waals surface area contributed by atoms with Crippen molar-refractivity contribution in [3.05, 3.63) is 48.2 Å². The molecule has 19 heavy (non-hydrogen) atoms. The number of fused-ring (bicyclic) bond motifs is 1. The van der Waals surface area contributed by atoms with E-state index >= 15 is 0 Å². The summed E-state index contributed by atoms with van der Waals surface area (Å²) in [5.74, 6) is 2.06. The van der Waals surface area contributed by atoms with Crippen molar-refractivity contribution in [3.63, 3.8) is 0 Å². The Labute approximate surface area is 118 Å².